The van der Waals surface area contributed by atoms with Gasteiger partial charge in [0.2, 0.25) is 0 Å². The van der Waals surface area contributed by atoms with Crippen molar-refractivity contribution in [3.8, 4) is 0 Å². The van der Waals surface area contributed by atoms with Crippen molar-refractivity contribution < 1.29 is 4.39 Å². The van der Waals surface area contributed by atoms with Gasteiger partial charge < -0.3 is 10.2 Å². The number of fused-ring (bicyclic) bond motifs is 2. The molecule has 0 spiro atoms. The molecule has 31 heavy (non-hydrogen) atoms. The second kappa shape index (κ2) is 7.46. The summed E-state index contributed by atoms with van der Waals surface area (Å²) in [6.07, 6.45) is 4.09. The van der Waals surface area contributed by atoms with Crippen molar-refractivity contribution in [1.82, 2.24) is 19.6 Å². The minimum Gasteiger partial charge on any atom is -0.354 e. The summed E-state index contributed by atoms with van der Waals surface area (Å²) in [6.45, 7) is 5.24. The Hall–Kier alpha value is -3.81. The van der Waals surface area contributed by atoms with Crippen LogP contribution in [0.15, 0.2) is 53.6 Å². The van der Waals surface area contributed by atoms with Crippen LogP contribution < -0.4 is 15.8 Å². The van der Waals surface area contributed by atoms with Crippen LogP contribution >= 0.6 is 0 Å². The molecule has 7 nitrogen and oxygen atoms in total. The lowest BCUT2D eigenvalue weighted by Gasteiger charge is -2.30. The lowest BCUT2D eigenvalue weighted by molar-refractivity contribution is 0.627. The van der Waals surface area contributed by atoms with Crippen molar-refractivity contribution in [3.63, 3.8) is 0 Å². The first-order valence-electron chi connectivity index (χ1n) is 10.1. The maximum absolute atomic E-state index is 13.4. The minimum absolute atomic E-state index is 0.202. The van der Waals surface area contributed by atoms with E-state index in [0.29, 0.717) is 12.2 Å². The van der Waals surface area contributed by atoms with Crippen molar-refractivity contribution >= 4 is 22.8 Å². The molecule has 8 heteroatoms. The van der Waals surface area contributed by atoms with E-state index in [1.807, 2.05) is 26.1 Å². The van der Waals surface area contributed by atoms with E-state index in [1.54, 1.807) is 6.07 Å². The Balaban J connectivity index is 1.45. The summed E-state index contributed by atoms with van der Waals surface area (Å²) < 4.78 is 14.7. The van der Waals surface area contributed by atoms with E-state index in [0.717, 1.165) is 52.5 Å². The van der Waals surface area contributed by atoms with Crippen LogP contribution in [0, 0.1) is 19.7 Å². The summed E-state index contributed by atoms with van der Waals surface area (Å²) in [5.41, 5.74) is 5.96. The molecule has 1 aromatic carbocycles. The predicted octanol–water partition coefficient (Wildman–Crippen LogP) is 3.55. The van der Waals surface area contributed by atoms with E-state index in [1.165, 1.54) is 28.9 Å². The summed E-state index contributed by atoms with van der Waals surface area (Å²) in [6, 6.07) is 10.0. The molecule has 0 bridgehead atoms. The van der Waals surface area contributed by atoms with Crippen molar-refractivity contribution in [2.45, 2.75) is 26.8 Å². The number of rotatable bonds is 3. The van der Waals surface area contributed by atoms with Gasteiger partial charge in [0.1, 0.15) is 5.82 Å². The highest BCUT2D eigenvalue weighted by molar-refractivity contribution is 5.63. The molecule has 0 amide bonds. The number of nitrogens with one attached hydrogen (secondary N) is 1. The van der Waals surface area contributed by atoms with Gasteiger partial charge in [-0.15, -0.1) is 5.10 Å². The van der Waals surface area contributed by atoms with Crippen LogP contribution in [-0.4, -0.2) is 26.1 Å². The summed E-state index contributed by atoms with van der Waals surface area (Å²) >= 11 is 0. The largest absolute Gasteiger partial charge is 0.354 e. The number of nitrogens with zero attached hydrogens (tertiary/aromatic N) is 5. The van der Waals surface area contributed by atoms with Crippen molar-refractivity contribution in [2.24, 2.45) is 0 Å². The third-order valence-electron chi connectivity index (χ3n) is 5.55. The second-order valence-corrected chi connectivity index (χ2v) is 7.79. The smallest absolute Gasteiger partial charge is 0.274 e. The zero-order valence-electron chi connectivity index (χ0n) is 17.3. The van der Waals surface area contributed by atoms with Crippen LogP contribution in [0.3, 0.4) is 0 Å². The Labute approximate surface area is 178 Å². The van der Waals surface area contributed by atoms with E-state index in [9.17, 15) is 9.18 Å². The van der Waals surface area contributed by atoms with Crippen LogP contribution in [0.25, 0.3) is 5.65 Å². The molecule has 0 unspecified atom stereocenters. The van der Waals surface area contributed by atoms with Crippen LogP contribution in [0.2, 0.25) is 0 Å². The van der Waals surface area contributed by atoms with E-state index in [-0.39, 0.29) is 11.4 Å². The zero-order chi connectivity index (χ0) is 21.5. The zero-order valence-corrected chi connectivity index (χ0v) is 17.3. The van der Waals surface area contributed by atoms with Crippen LogP contribution in [0.4, 0.5) is 21.6 Å². The normalized spacial score (nSPS) is 13.3. The van der Waals surface area contributed by atoms with Gasteiger partial charge in [-0.2, -0.15) is 4.52 Å². The lowest BCUT2D eigenvalue weighted by Crippen LogP contribution is -2.33. The first-order chi connectivity index (χ1) is 15.0. The molecule has 4 aromatic rings. The molecule has 5 rings (SSSR count). The van der Waals surface area contributed by atoms with Gasteiger partial charge in [0, 0.05) is 43.2 Å². The van der Waals surface area contributed by atoms with E-state index in [2.05, 4.69) is 31.3 Å². The summed E-state index contributed by atoms with van der Waals surface area (Å²) in [5, 5.41) is 7.91. The number of hydrogen-bond acceptors (Lipinski definition) is 6. The van der Waals surface area contributed by atoms with Gasteiger partial charge in [-0.1, -0.05) is 0 Å². The molecule has 1 N–H and O–H groups in total. The van der Waals surface area contributed by atoms with E-state index >= 15 is 0 Å². The van der Waals surface area contributed by atoms with Gasteiger partial charge in [0.25, 0.3) is 5.56 Å². The molecule has 0 radical (unpaired) electrons. The molecule has 3 aromatic heterocycles. The van der Waals surface area contributed by atoms with Crippen molar-refractivity contribution in [1.29, 1.82) is 0 Å². The first-order valence-corrected chi connectivity index (χ1v) is 10.1. The number of halogens is 1. The number of anilines is 3. The van der Waals surface area contributed by atoms with Crippen LogP contribution in [0.1, 0.15) is 22.4 Å². The standard InChI is InChI=1S/C23H21FN6O/c1-14-9-17(24)3-4-19(14)27-18-11-16-13-29(8-6-20(16)26-12-18)23-15(2)10-21-25-7-5-22(31)30(21)28-23/h3-5,7,9-12,27H,6,8,13H2,1-2H3. The third-order valence-corrected chi connectivity index (χ3v) is 5.55. The highest BCUT2D eigenvalue weighted by Crippen LogP contribution is 2.28. The number of benzene rings is 1. The number of aromatic nitrogens is 4. The molecule has 1 aliphatic rings. The van der Waals surface area contributed by atoms with E-state index < -0.39 is 0 Å². The third kappa shape index (κ3) is 3.61. The number of hydrogen-bond donors (Lipinski definition) is 1. The summed E-state index contributed by atoms with van der Waals surface area (Å²) in [5.74, 6) is 0.510. The Kier molecular flexibility index (Phi) is 4.62. The fraction of sp³-hybridized carbons (Fsp3) is 0.217. The quantitative estimate of drug-likeness (QED) is 0.551. The fourth-order valence-corrected chi connectivity index (χ4v) is 3.96. The topological polar surface area (TPSA) is 75.4 Å². The molecule has 1 aliphatic heterocycles. The molecule has 0 saturated carbocycles. The monoisotopic (exact) mass is 416 g/mol. The fourth-order valence-electron chi connectivity index (χ4n) is 3.96. The lowest BCUT2D eigenvalue weighted by atomic mass is 10.0. The molecule has 4 heterocycles. The molecule has 0 saturated heterocycles. The summed E-state index contributed by atoms with van der Waals surface area (Å²) in [7, 11) is 0. The Bertz CT molecular complexity index is 1370. The molecule has 0 fully saturated rings. The predicted molar refractivity (Wildman–Crippen MR) is 117 cm³/mol. The number of aryl methyl sites for hydroxylation is 2. The van der Waals surface area contributed by atoms with Gasteiger partial charge >= 0.3 is 0 Å². The molecule has 0 aliphatic carbocycles. The average Bonchev–Trinajstić information content (AvgIpc) is 2.75. The Morgan fingerprint density at radius 1 is 1.06 bits per heavy atom. The second-order valence-electron chi connectivity index (χ2n) is 7.79. The highest BCUT2D eigenvalue weighted by atomic mass is 19.1. The van der Waals surface area contributed by atoms with Crippen molar-refractivity contribution in [2.75, 3.05) is 16.8 Å². The molecular weight excluding hydrogens is 395 g/mol. The molecular formula is C23H21FN6O. The minimum atomic E-state index is -0.255. The first kappa shape index (κ1) is 19.2. The molecule has 0 atom stereocenters. The number of pyridine rings is 1. The van der Waals surface area contributed by atoms with Gasteiger partial charge in [-0.05, 0) is 60.9 Å². The SMILES string of the molecule is Cc1cc(F)ccc1Nc1cnc2c(c1)CN(c1nn3c(=O)ccnc3cc1C)CC2. The van der Waals surface area contributed by atoms with E-state index in [4.69, 9.17) is 0 Å². The average molecular weight is 416 g/mol. The highest BCUT2D eigenvalue weighted by Gasteiger charge is 2.21. The molecule has 156 valence electrons. The van der Waals surface area contributed by atoms with Gasteiger partial charge in [-0.25, -0.2) is 9.37 Å². The van der Waals surface area contributed by atoms with Gasteiger partial charge in [-0.3, -0.25) is 9.78 Å². The Morgan fingerprint density at radius 3 is 2.77 bits per heavy atom. The maximum Gasteiger partial charge on any atom is 0.274 e. The summed E-state index contributed by atoms with van der Waals surface area (Å²) in [4.78, 5) is 23.2. The maximum atomic E-state index is 13.4. The van der Waals surface area contributed by atoms with Gasteiger partial charge in [0.05, 0.1) is 11.9 Å². The van der Waals surface area contributed by atoms with Crippen LogP contribution in [-0.2, 0) is 13.0 Å². The Morgan fingerprint density at radius 2 is 1.94 bits per heavy atom. The van der Waals surface area contributed by atoms with Gasteiger partial charge in [0.15, 0.2) is 11.5 Å². The van der Waals surface area contributed by atoms with Crippen LogP contribution in [0.5, 0.6) is 0 Å². The van der Waals surface area contributed by atoms with Crippen molar-refractivity contribution in [3.05, 3.63) is 87.3 Å².